The van der Waals surface area contributed by atoms with Crippen molar-refractivity contribution in [3.8, 4) is 0 Å². The molecular weight excluding hydrogens is 410 g/mol. The Morgan fingerprint density at radius 3 is 2.52 bits per heavy atom. The molecule has 2 aromatic rings. The minimum Gasteiger partial charge on any atom is -0.384 e. The Labute approximate surface area is 189 Å². The second-order valence-corrected chi connectivity index (χ2v) is 9.63. The number of hydrogen-bond acceptors (Lipinski definition) is 4. The third-order valence-corrected chi connectivity index (χ3v) is 7.87. The molecule has 3 aliphatic rings. The van der Waals surface area contributed by atoms with E-state index in [1.807, 2.05) is 42.5 Å². The SMILES string of the molecule is O=C1NCN(c2ccccc2)C12CCN([C@@H]1CCCC[C@@]1(O)c1cccc(Cl)c1)CC2. The van der Waals surface area contributed by atoms with Crippen molar-refractivity contribution < 1.29 is 9.90 Å². The van der Waals surface area contributed by atoms with Crippen LogP contribution in [0.3, 0.4) is 0 Å². The Hall–Kier alpha value is -2.08. The molecule has 2 heterocycles. The summed E-state index contributed by atoms with van der Waals surface area (Å²) in [6.45, 7) is 2.15. The maximum Gasteiger partial charge on any atom is 0.247 e. The molecule has 1 saturated carbocycles. The van der Waals surface area contributed by atoms with Gasteiger partial charge in [-0.25, -0.2) is 0 Å². The molecule has 31 heavy (non-hydrogen) atoms. The second kappa shape index (κ2) is 8.12. The molecule has 0 aromatic heterocycles. The first-order valence-corrected chi connectivity index (χ1v) is 11.7. The fourth-order valence-electron chi connectivity index (χ4n) is 5.95. The predicted octanol–water partition coefficient (Wildman–Crippen LogP) is 3.90. The molecule has 0 unspecified atom stereocenters. The Bertz CT molecular complexity index is 945. The molecule has 2 aliphatic heterocycles. The van der Waals surface area contributed by atoms with Gasteiger partial charge in [-0.2, -0.15) is 0 Å². The van der Waals surface area contributed by atoms with E-state index in [4.69, 9.17) is 11.6 Å². The number of carbonyl (C=O) groups excluding carboxylic acids is 1. The zero-order chi connectivity index (χ0) is 21.5. The zero-order valence-electron chi connectivity index (χ0n) is 17.8. The number of benzene rings is 2. The predicted molar refractivity (Wildman–Crippen MR) is 123 cm³/mol. The van der Waals surface area contributed by atoms with E-state index >= 15 is 0 Å². The van der Waals surface area contributed by atoms with E-state index in [9.17, 15) is 9.90 Å². The van der Waals surface area contributed by atoms with Gasteiger partial charge < -0.3 is 15.3 Å². The molecule has 1 spiro atoms. The highest BCUT2D eigenvalue weighted by molar-refractivity contribution is 6.30. The van der Waals surface area contributed by atoms with E-state index in [1.165, 1.54) is 0 Å². The maximum atomic E-state index is 13.0. The molecule has 1 amide bonds. The Balaban J connectivity index is 1.38. The van der Waals surface area contributed by atoms with Crippen LogP contribution in [0, 0.1) is 0 Å². The molecule has 3 fully saturated rings. The number of amides is 1. The van der Waals surface area contributed by atoms with Crippen molar-refractivity contribution in [3.63, 3.8) is 0 Å². The van der Waals surface area contributed by atoms with Crippen molar-refractivity contribution in [3.05, 3.63) is 65.2 Å². The van der Waals surface area contributed by atoms with Crippen molar-refractivity contribution >= 4 is 23.2 Å². The van der Waals surface area contributed by atoms with Gasteiger partial charge in [-0.15, -0.1) is 0 Å². The molecule has 2 atom stereocenters. The number of halogens is 1. The first-order chi connectivity index (χ1) is 15.0. The first kappa shape index (κ1) is 20.8. The number of aliphatic hydroxyl groups is 1. The van der Waals surface area contributed by atoms with Crippen molar-refractivity contribution in [1.82, 2.24) is 10.2 Å². The summed E-state index contributed by atoms with van der Waals surface area (Å²) in [6, 6.07) is 17.9. The minimum atomic E-state index is -0.898. The summed E-state index contributed by atoms with van der Waals surface area (Å²) in [5.74, 6) is 0.129. The number of piperidine rings is 1. The summed E-state index contributed by atoms with van der Waals surface area (Å²) in [7, 11) is 0. The maximum absolute atomic E-state index is 13.0. The van der Waals surface area contributed by atoms with Crippen molar-refractivity contribution in [2.45, 2.75) is 55.7 Å². The number of nitrogens with one attached hydrogen (secondary N) is 1. The van der Waals surface area contributed by atoms with Crippen molar-refractivity contribution in [2.24, 2.45) is 0 Å². The largest absolute Gasteiger partial charge is 0.384 e. The van der Waals surface area contributed by atoms with E-state index in [-0.39, 0.29) is 11.9 Å². The van der Waals surface area contributed by atoms with E-state index in [0.29, 0.717) is 11.7 Å². The lowest BCUT2D eigenvalue weighted by Crippen LogP contribution is -2.61. The van der Waals surface area contributed by atoms with Crippen LogP contribution in [-0.4, -0.2) is 47.3 Å². The molecule has 0 radical (unpaired) electrons. The summed E-state index contributed by atoms with van der Waals surface area (Å²) in [5, 5.41) is 15.6. The van der Waals surface area contributed by atoms with Crippen LogP contribution in [-0.2, 0) is 10.4 Å². The van der Waals surface area contributed by atoms with Crippen LogP contribution in [0.2, 0.25) is 5.02 Å². The molecule has 164 valence electrons. The molecule has 6 heteroatoms. The van der Waals surface area contributed by atoms with Gasteiger partial charge in [0, 0.05) is 29.8 Å². The number of carbonyl (C=O) groups is 1. The second-order valence-electron chi connectivity index (χ2n) is 9.19. The van der Waals surface area contributed by atoms with Crippen LogP contribution < -0.4 is 10.2 Å². The number of likely N-dealkylation sites (tertiary alicyclic amines) is 1. The van der Waals surface area contributed by atoms with Crippen LogP contribution in [0.5, 0.6) is 0 Å². The summed E-state index contributed by atoms with van der Waals surface area (Å²) in [5.41, 5.74) is 0.600. The van der Waals surface area contributed by atoms with Gasteiger partial charge in [0.15, 0.2) is 0 Å². The quantitative estimate of drug-likeness (QED) is 0.761. The van der Waals surface area contributed by atoms with E-state index < -0.39 is 11.1 Å². The van der Waals surface area contributed by atoms with Gasteiger partial charge in [0.25, 0.3) is 0 Å². The van der Waals surface area contributed by atoms with Gasteiger partial charge >= 0.3 is 0 Å². The lowest BCUT2D eigenvalue weighted by molar-refractivity contribution is -0.127. The average molecular weight is 440 g/mol. The molecule has 0 bridgehead atoms. The normalized spacial score (nSPS) is 28.6. The van der Waals surface area contributed by atoms with Gasteiger partial charge in [-0.1, -0.05) is 54.8 Å². The summed E-state index contributed by atoms with van der Waals surface area (Å²) in [4.78, 5) is 17.6. The number of anilines is 1. The van der Waals surface area contributed by atoms with Gasteiger partial charge in [-0.3, -0.25) is 9.69 Å². The number of para-hydroxylation sites is 1. The summed E-state index contributed by atoms with van der Waals surface area (Å²) >= 11 is 6.26. The highest BCUT2D eigenvalue weighted by atomic mass is 35.5. The highest BCUT2D eigenvalue weighted by Crippen LogP contribution is 2.44. The molecule has 1 aliphatic carbocycles. The van der Waals surface area contributed by atoms with E-state index in [1.54, 1.807) is 0 Å². The molecule has 5 nitrogen and oxygen atoms in total. The fourth-order valence-corrected chi connectivity index (χ4v) is 6.15. The number of nitrogens with zero attached hydrogens (tertiary/aromatic N) is 2. The van der Waals surface area contributed by atoms with Crippen molar-refractivity contribution in [2.75, 3.05) is 24.7 Å². The van der Waals surface area contributed by atoms with Gasteiger partial charge in [0.1, 0.15) is 11.1 Å². The van der Waals surface area contributed by atoms with Crippen LogP contribution in [0.4, 0.5) is 5.69 Å². The van der Waals surface area contributed by atoms with Gasteiger partial charge in [-0.05, 0) is 55.5 Å². The topological polar surface area (TPSA) is 55.8 Å². The van der Waals surface area contributed by atoms with Gasteiger partial charge in [0.2, 0.25) is 5.91 Å². The van der Waals surface area contributed by atoms with Crippen LogP contribution in [0.25, 0.3) is 0 Å². The summed E-state index contributed by atoms with van der Waals surface area (Å²) < 4.78 is 0. The molecule has 2 N–H and O–H groups in total. The highest BCUT2D eigenvalue weighted by Gasteiger charge is 2.53. The van der Waals surface area contributed by atoms with E-state index in [0.717, 1.165) is 62.9 Å². The van der Waals surface area contributed by atoms with Gasteiger partial charge in [0.05, 0.1) is 6.67 Å². The Morgan fingerprint density at radius 1 is 1.00 bits per heavy atom. The smallest absolute Gasteiger partial charge is 0.247 e. The fraction of sp³-hybridized carbons (Fsp3) is 0.480. The standard InChI is InChI=1S/C25H30ClN3O2/c26-20-8-6-7-19(17-20)25(31)12-5-4-11-22(25)28-15-13-24(14-16-28)23(30)27-18-29(24)21-9-2-1-3-10-21/h1-3,6-10,17,22,31H,4-5,11-16,18H2,(H,27,30)/t22-,25-/m1/s1. The third kappa shape index (κ3) is 3.53. The molecule has 2 saturated heterocycles. The Morgan fingerprint density at radius 2 is 1.77 bits per heavy atom. The lowest BCUT2D eigenvalue weighted by atomic mass is 9.73. The monoisotopic (exact) mass is 439 g/mol. The third-order valence-electron chi connectivity index (χ3n) is 7.63. The van der Waals surface area contributed by atoms with Crippen LogP contribution in [0.1, 0.15) is 44.1 Å². The van der Waals surface area contributed by atoms with E-state index in [2.05, 4.69) is 27.2 Å². The van der Waals surface area contributed by atoms with Crippen LogP contribution in [0.15, 0.2) is 54.6 Å². The van der Waals surface area contributed by atoms with Crippen molar-refractivity contribution in [1.29, 1.82) is 0 Å². The Kier molecular flexibility index (Phi) is 5.45. The lowest BCUT2D eigenvalue weighted by Gasteiger charge is -2.51. The molecule has 5 rings (SSSR count). The molecule has 2 aromatic carbocycles. The van der Waals surface area contributed by atoms with Crippen LogP contribution >= 0.6 is 11.6 Å². The summed E-state index contributed by atoms with van der Waals surface area (Å²) in [6.07, 6.45) is 5.36. The number of hydrogen-bond donors (Lipinski definition) is 2. The molecular formula is C25H30ClN3O2. The minimum absolute atomic E-state index is 0.0479. The first-order valence-electron chi connectivity index (χ1n) is 11.4. The average Bonchev–Trinajstić information content (AvgIpc) is 3.11. The zero-order valence-corrected chi connectivity index (χ0v) is 18.5. The number of rotatable bonds is 3.